The Labute approximate surface area is 159 Å². The maximum atomic E-state index is 12.8. The van der Waals surface area contributed by atoms with E-state index in [1.54, 1.807) is 7.11 Å². The number of Topliss-reactive ketones (excluding diaryl/α,β-unsaturated/α-hetero) is 1. The van der Waals surface area contributed by atoms with Gasteiger partial charge in [-0.25, -0.2) is 4.98 Å². The van der Waals surface area contributed by atoms with Gasteiger partial charge in [0, 0.05) is 18.5 Å². The maximum absolute atomic E-state index is 12.8. The zero-order chi connectivity index (χ0) is 19.8. The Morgan fingerprint density at radius 3 is 2.48 bits per heavy atom. The van der Waals surface area contributed by atoms with E-state index < -0.39 is 11.3 Å². The number of methoxy groups -OCH3 is 2. The Kier molecular flexibility index (Phi) is 5.09. The van der Waals surface area contributed by atoms with Gasteiger partial charge in [-0.15, -0.1) is 0 Å². The lowest BCUT2D eigenvalue weighted by Crippen LogP contribution is -2.38. The largest absolute Gasteiger partial charge is 0.497 e. The van der Waals surface area contributed by atoms with E-state index in [0.29, 0.717) is 17.8 Å². The van der Waals surface area contributed by atoms with Crippen LogP contribution in [0.15, 0.2) is 24.3 Å². The van der Waals surface area contributed by atoms with E-state index in [1.807, 2.05) is 42.7 Å². The van der Waals surface area contributed by atoms with Gasteiger partial charge in [-0.1, -0.05) is 20.8 Å². The van der Waals surface area contributed by atoms with Crippen LogP contribution in [0.25, 0.3) is 5.69 Å². The van der Waals surface area contributed by atoms with E-state index in [-0.39, 0.29) is 18.2 Å². The summed E-state index contributed by atoms with van der Waals surface area (Å²) in [5.74, 6) is 0.597. The first kappa shape index (κ1) is 19.1. The molecule has 1 atom stereocenters. The van der Waals surface area contributed by atoms with Crippen molar-refractivity contribution < 1.29 is 19.1 Å². The van der Waals surface area contributed by atoms with E-state index >= 15 is 0 Å². The summed E-state index contributed by atoms with van der Waals surface area (Å²) < 4.78 is 12.3. The molecule has 1 aliphatic carbocycles. The van der Waals surface area contributed by atoms with Crippen molar-refractivity contribution in [3.8, 4) is 11.4 Å². The molecule has 1 unspecified atom stereocenters. The van der Waals surface area contributed by atoms with Crippen molar-refractivity contribution in [3.05, 3.63) is 41.5 Å². The average Bonchev–Trinajstić information content (AvgIpc) is 3.00. The highest BCUT2D eigenvalue weighted by Crippen LogP contribution is 2.46. The number of hydrogen-bond acceptors (Lipinski definition) is 5. The predicted octanol–water partition coefficient (Wildman–Crippen LogP) is 3.70. The summed E-state index contributed by atoms with van der Waals surface area (Å²) in [4.78, 5) is 30.2. The second-order valence-corrected chi connectivity index (χ2v) is 7.59. The van der Waals surface area contributed by atoms with E-state index in [9.17, 15) is 9.59 Å². The van der Waals surface area contributed by atoms with Gasteiger partial charge in [0.05, 0.1) is 19.9 Å². The molecule has 0 bridgehead atoms. The second kappa shape index (κ2) is 7.18. The first-order valence-corrected chi connectivity index (χ1v) is 9.21. The third kappa shape index (κ3) is 3.24. The number of esters is 1. The van der Waals surface area contributed by atoms with Crippen LogP contribution in [-0.4, -0.2) is 35.5 Å². The normalized spacial score (nSPS) is 18.1. The maximum Gasteiger partial charge on any atom is 0.315 e. The zero-order valence-electron chi connectivity index (χ0n) is 16.5. The number of benzene rings is 1. The molecule has 0 fully saturated rings. The number of aromatic nitrogens is 2. The Morgan fingerprint density at radius 2 is 1.93 bits per heavy atom. The molecule has 0 saturated heterocycles. The third-order valence-corrected chi connectivity index (χ3v) is 5.16. The molecular formula is C21H26N2O4. The standard InChI is InChI=1S/C21H26N2O4/c1-6-7-16-22-18-15(24)12-21(2,3)17(20(25)27-5)19(18)23(16)13-8-10-14(26-4)11-9-13/h8-11,17H,6-7,12H2,1-5H3. The minimum Gasteiger partial charge on any atom is -0.497 e. The summed E-state index contributed by atoms with van der Waals surface area (Å²) in [6.45, 7) is 5.93. The van der Waals surface area contributed by atoms with Gasteiger partial charge in [-0.2, -0.15) is 0 Å². The van der Waals surface area contributed by atoms with E-state index in [2.05, 4.69) is 11.9 Å². The quantitative estimate of drug-likeness (QED) is 0.751. The molecule has 0 saturated carbocycles. The lowest BCUT2D eigenvalue weighted by molar-refractivity contribution is -0.145. The molecule has 0 radical (unpaired) electrons. The van der Waals surface area contributed by atoms with Gasteiger partial charge in [0.1, 0.15) is 23.2 Å². The van der Waals surface area contributed by atoms with Crippen molar-refractivity contribution in [2.24, 2.45) is 5.41 Å². The van der Waals surface area contributed by atoms with Gasteiger partial charge < -0.3 is 9.47 Å². The van der Waals surface area contributed by atoms with Gasteiger partial charge in [-0.05, 0) is 36.1 Å². The average molecular weight is 370 g/mol. The molecule has 0 aliphatic heterocycles. The van der Waals surface area contributed by atoms with Gasteiger partial charge in [0.15, 0.2) is 5.78 Å². The highest BCUT2D eigenvalue weighted by atomic mass is 16.5. The highest BCUT2D eigenvalue weighted by Gasteiger charge is 2.48. The van der Waals surface area contributed by atoms with E-state index in [0.717, 1.165) is 23.7 Å². The summed E-state index contributed by atoms with van der Waals surface area (Å²) in [6, 6.07) is 7.56. The molecular weight excluding hydrogens is 344 g/mol. The molecule has 6 heteroatoms. The van der Waals surface area contributed by atoms with Crippen LogP contribution in [0.4, 0.5) is 0 Å². The van der Waals surface area contributed by atoms with E-state index in [4.69, 9.17) is 9.47 Å². The summed E-state index contributed by atoms with van der Waals surface area (Å²) in [5.41, 5.74) is 1.33. The van der Waals surface area contributed by atoms with Crippen molar-refractivity contribution in [1.82, 2.24) is 9.55 Å². The Bertz CT molecular complexity index is 865. The third-order valence-electron chi connectivity index (χ3n) is 5.16. The fraction of sp³-hybridized carbons (Fsp3) is 0.476. The molecule has 6 nitrogen and oxygen atoms in total. The number of ketones is 1. The number of carbonyl (C=O) groups is 2. The lowest BCUT2D eigenvalue weighted by atomic mass is 9.68. The van der Waals surface area contributed by atoms with Crippen LogP contribution in [0.5, 0.6) is 5.75 Å². The van der Waals surface area contributed by atoms with Crippen LogP contribution in [0, 0.1) is 5.41 Å². The molecule has 0 spiro atoms. The van der Waals surface area contributed by atoms with Gasteiger partial charge in [-0.3, -0.25) is 14.2 Å². The van der Waals surface area contributed by atoms with Crippen LogP contribution < -0.4 is 4.74 Å². The van der Waals surface area contributed by atoms with Gasteiger partial charge in [0.25, 0.3) is 0 Å². The minimum atomic E-state index is -0.560. The van der Waals surface area contributed by atoms with Crippen molar-refractivity contribution in [2.45, 2.75) is 46.0 Å². The number of rotatable bonds is 5. The number of aryl methyl sites for hydroxylation is 1. The van der Waals surface area contributed by atoms with Gasteiger partial charge in [0.2, 0.25) is 0 Å². The Morgan fingerprint density at radius 1 is 1.26 bits per heavy atom. The number of hydrogen-bond donors (Lipinski definition) is 0. The van der Waals surface area contributed by atoms with E-state index in [1.165, 1.54) is 7.11 Å². The molecule has 27 heavy (non-hydrogen) atoms. The molecule has 1 aromatic heterocycles. The lowest BCUT2D eigenvalue weighted by Gasteiger charge is -2.36. The zero-order valence-corrected chi connectivity index (χ0v) is 16.5. The topological polar surface area (TPSA) is 70.4 Å². The second-order valence-electron chi connectivity index (χ2n) is 7.59. The molecule has 2 aromatic rings. The van der Waals surface area contributed by atoms with Crippen LogP contribution in [0.3, 0.4) is 0 Å². The van der Waals surface area contributed by atoms with Crippen LogP contribution in [0.2, 0.25) is 0 Å². The molecule has 1 aliphatic rings. The first-order valence-electron chi connectivity index (χ1n) is 9.21. The van der Waals surface area contributed by atoms with Crippen LogP contribution in [-0.2, 0) is 16.0 Å². The van der Waals surface area contributed by atoms with Crippen LogP contribution in [0.1, 0.15) is 61.5 Å². The first-order chi connectivity index (χ1) is 12.8. The molecule has 3 rings (SSSR count). The highest BCUT2D eigenvalue weighted by molar-refractivity contribution is 6.00. The molecule has 0 amide bonds. The fourth-order valence-electron chi connectivity index (χ4n) is 3.88. The SMILES string of the molecule is CCCc1nc2c(n1-c1ccc(OC)cc1)C(C(=O)OC)C(C)(C)CC2=O. The number of carbonyl (C=O) groups excluding carboxylic acids is 2. The van der Waals surface area contributed by atoms with Crippen molar-refractivity contribution in [2.75, 3.05) is 14.2 Å². The summed E-state index contributed by atoms with van der Waals surface area (Å²) in [6.07, 6.45) is 1.86. The minimum absolute atomic E-state index is 0.0280. The summed E-state index contributed by atoms with van der Waals surface area (Å²) in [5, 5.41) is 0. The molecule has 0 N–H and O–H groups in total. The van der Waals surface area contributed by atoms with Gasteiger partial charge >= 0.3 is 5.97 Å². The van der Waals surface area contributed by atoms with Crippen molar-refractivity contribution in [1.29, 1.82) is 0 Å². The smallest absolute Gasteiger partial charge is 0.315 e. The fourth-order valence-corrected chi connectivity index (χ4v) is 3.88. The summed E-state index contributed by atoms with van der Waals surface area (Å²) >= 11 is 0. The predicted molar refractivity (Wildman–Crippen MR) is 102 cm³/mol. The molecule has 1 heterocycles. The number of ether oxygens (including phenoxy) is 2. The number of fused-ring (bicyclic) bond motifs is 1. The Balaban J connectivity index is 2.29. The van der Waals surface area contributed by atoms with Crippen LogP contribution >= 0.6 is 0 Å². The molecule has 144 valence electrons. The number of imidazole rings is 1. The number of nitrogens with zero attached hydrogens (tertiary/aromatic N) is 2. The van der Waals surface area contributed by atoms with Crippen molar-refractivity contribution >= 4 is 11.8 Å². The Hall–Kier alpha value is -2.63. The summed E-state index contributed by atoms with van der Waals surface area (Å²) in [7, 11) is 3.00. The monoisotopic (exact) mass is 370 g/mol. The van der Waals surface area contributed by atoms with Crippen molar-refractivity contribution in [3.63, 3.8) is 0 Å². The molecule has 1 aromatic carbocycles.